The third-order valence-corrected chi connectivity index (χ3v) is 4.57. The fraction of sp³-hybridized carbons (Fsp3) is 0.0556. The molecule has 2 N–H and O–H groups in total. The lowest BCUT2D eigenvalue weighted by atomic mass is 10.0. The number of ether oxygens (including phenoxy) is 1. The molecular weight excluding hydrogens is 336 g/mol. The van der Waals surface area contributed by atoms with Crippen LogP contribution < -0.4 is 10.1 Å². The first-order valence-electron chi connectivity index (χ1n) is 7.58. The Morgan fingerprint density at radius 1 is 1.20 bits per heavy atom. The number of nitrogens with zero attached hydrogens (tertiary/aromatic N) is 2. The number of hydrogen-bond acceptors (Lipinski definition) is 5. The number of methoxy groups -OCH3 is 1. The lowest BCUT2D eigenvalue weighted by Crippen LogP contribution is -2.11. The summed E-state index contributed by atoms with van der Waals surface area (Å²) in [5.74, 6) is 0.789. The molecule has 0 aliphatic heterocycles. The molecule has 25 heavy (non-hydrogen) atoms. The summed E-state index contributed by atoms with van der Waals surface area (Å²) in [5, 5.41) is 2.77. The second kappa shape index (κ2) is 6.37. The van der Waals surface area contributed by atoms with Crippen molar-refractivity contribution in [2.75, 3.05) is 12.4 Å². The van der Waals surface area contributed by atoms with E-state index in [1.54, 1.807) is 12.6 Å². The average Bonchev–Trinajstić information content (AvgIpc) is 3.31. The van der Waals surface area contributed by atoms with Gasteiger partial charge in [0.15, 0.2) is 0 Å². The first-order chi connectivity index (χ1) is 12.3. The molecule has 0 fully saturated rings. The molecule has 2 heterocycles. The molecular formula is C18H14N4O2S. The van der Waals surface area contributed by atoms with Gasteiger partial charge in [0.1, 0.15) is 21.7 Å². The van der Waals surface area contributed by atoms with Crippen molar-refractivity contribution in [3.63, 3.8) is 0 Å². The maximum atomic E-state index is 12.2. The summed E-state index contributed by atoms with van der Waals surface area (Å²) in [7, 11) is 1.60. The molecule has 0 bridgehead atoms. The van der Waals surface area contributed by atoms with Gasteiger partial charge in [-0.1, -0.05) is 30.3 Å². The van der Waals surface area contributed by atoms with Crippen LogP contribution in [0.5, 0.6) is 5.75 Å². The summed E-state index contributed by atoms with van der Waals surface area (Å²) in [4.78, 5) is 24.4. The van der Waals surface area contributed by atoms with Crippen molar-refractivity contribution >= 4 is 34.2 Å². The molecule has 2 aromatic heterocycles. The molecule has 0 saturated heterocycles. The van der Waals surface area contributed by atoms with E-state index in [4.69, 9.17) is 4.74 Å². The van der Waals surface area contributed by atoms with E-state index < -0.39 is 0 Å². The van der Waals surface area contributed by atoms with Crippen molar-refractivity contribution in [3.05, 3.63) is 59.0 Å². The number of thiazole rings is 1. The second-order valence-corrected chi connectivity index (χ2v) is 6.20. The fourth-order valence-electron chi connectivity index (χ4n) is 2.64. The number of carbonyl (C=O) groups excluding carboxylic acids is 1. The Bertz CT molecular complexity index is 1030. The Kier molecular flexibility index (Phi) is 3.91. The van der Waals surface area contributed by atoms with Crippen molar-refractivity contribution in [2.24, 2.45) is 0 Å². The number of hydrogen-bond donors (Lipinski definition) is 2. The van der Waals surface area contributed by atoms with Crippen LogP contribution in [0.25, 0.3) is 22.2 Å². The van der Waals surface area contributed by atoms with E-state index in [-0.39, 0.29) is 5.91 Å². The summed E-state index contributed by atoms with van der Waals surface area (Å²) in [6, 6.07) is 13.8. The van der Waals surface area contributed by atoms with Crippen molar-refractivity contribution in [3.8, 4) is 16.9 Å². The van der Waals surface area contributed by atoms with E-state index in [2.05, 4.69) is 20.3 Å². The number of fused-ring (bicyclic) bond motifs is 1. The summed E-state index contributed by atoms with van der Waals surface area (Å²) < 4.78 is 5.42. The number of aromatic amines is 1. The number of H-pyrrole nitrogens is 1. The number of carbonyl (C=O) groups is 1. The third kappa shape index (κ3) is 2.85. The number of rotatable bonds is 4. The van der Waals surface area contributed by atoms with Crippen LogP contribution in [-0.4, -0.2) is 28.0 Å². The van der Waals surface area contributed by atoms with E-state index in [0.29, 0.717) is 16.6 Å². The predicted molar refractivity (Wildman–Crippen MR) is 98.1 cm³/mol. The molecule has 0 aliphatic rings. The first kappa shape index (κ1) is 15.3. The molecule has 7 heteroatoms. The number of nitrogens with one attached hydrogen (secondary N) is 2. The highest BCUT2D eigenvalue weighted by atomic mass is 32.1. The molecule has 2 aromatic carbocycles. The second-order valence-electron chi connectivity index (χ2n) is 5.31. The van der Waals surface area contributed by atoms with Gasteiger partial charge >= 0.3 is 0 Å². The van der Waals surface area contributed by atoms with Crippen molar-refractivity contribution in [1.82, 2.24) is 15.0 Å². The van der Waals surface area contributed by atoms with Crippen LogP contribution in [0, 0.1) is 0 Å². The quantitative estimate of drug-likeness (QED) is 0.584. The van der Waals surface area contributed by atoms with Crippen molar-refractivity contribution < 1.29 is 9.53 Å². The highest BCUT2D eigenvalue weighted by molar-refractivity contribution is 7.11. The van der Waals surface area contributed by atoms with Gasteiger partial charge in [0.25, 0.3) is 5.91 Å². The minimum absolute atomic E-state index is 0.248. The van der Waals surface area contributed by atoms with Gasteiger partial charge in [0.2, 0.25) is 5.95 Å². The number of imidazole rings is 1. The summed E-state index contributed by atoms with van der Waals surface area (Å²) in [6.07, 6.45) is 1.53. The van der Waals surface area contributed by atoms with Crippen LogP contribution in [0.3, 0.4) is 0 Å². The molecule has 0 saturated carbocycles. The molecule has 0 unspecified atom stereocenters. The smallest absolute Gasteiger partial charge is 0.269 e. The lowest BCUT2D eigenvalue weighted by molar-refractivity contribution is 0.102. The fourth-order valence-corrected chi connectivity index (χ4v) is 3.16. The minimum Gasteiger partial charge on any atom is -0.494 e. The molecule has 0 atom stereocenters. The highest BCUT2D eigenvalue weighted by Crippen LogP contribution is 2.33. The van der Waals surface area contributed by atoms with Gasteiger partial charge in [-0.25, -0.2) is 4.98 Å². The Balaban J connectivity index is 1.79. The van der Waals surface area contributed by atoms with Crippen molar-refractivity contribution in [1.29, 1.82) is 0 Å². The zero-order valence-corrected chi connectivity index (χ0v) is 14.1. The minimum atomic E-state index is -0.248. The van der Waals surface area contributed by atoms with Crippen LogP contribution in [0.4, 0.5) is 5.95 Å². The average molecular weight is 350 g/mol. The van der Waals surface area contributed by atoms with E-state index in [1.165, 1.54) is 17.5 Å². The third-order valence-electron chi connectivity index (χ3n) is 3.80. The molecule has 4 rings (SSSR count). The van der Waals surface area contributed by atoms with E-state index in [1.807, 2.05) is 42.5 Å². The van der Waals surface area contributed by atoms with E-state index in [9.17, 15) is 4.79 Å². The number of anilines is 1. The van der Waals surface area contributed by atoms with Gasteiger partial charge in [-0.05, 0) is 17.7 Å². The normalized spacial score (nSPS) is 10.8. The Labute approximate surface area is 147 Å². The van der Waals surface area contributed by atoms with Crippen LogP contribution in [0.2, 0.25) is 0 Å². The van der Waals surface area contributed by atoms with Crippen LogP contribution >= 0.6 is 11.3 Å². The molecule has 0 spiro atoms. The lowest BCUT2D eigenvalue weighted by Gasteiger charge is -2.05. The summed E-state index contributed by atoms with van der Waals surface area (Å²) >= 11 is 1.28. The van der Waals surface area contributed by atoms with Gasteiger partial charge in [0.05, 0.1) is 18.8 Å². The van der Waals surface area contributed by atoms with E-state index >= 15 is 0 Å². The molecule has 4 aromatic rings. The largest absolute Gasteiger partial charge is 0.494 e. The van der Waals surface area contributed by atoms with Crippen molar-refractivity contribution in [2.45, 2.75) is 0 Å². The standard InChI is InChI=1S/C18H14N4O2S/c1-24-13-8-7-12(11-5-3-2-4-6-11)15-16(13)21-18(20-15)22-17(23)14-9-19-10-25-14/h2-10H,1H3,(H2,20,21,22,23). The van der Waals surface area contributed by atoms with Gasteiger partial charge < -0.3 is 9.72 Å². The van der Waals surface area contributed by atoms with E-state index in [0.717, 1.165) is 22.2 Å². The zero-order chi connectivity index (χ0) is 17.2. The maximum absolute atomic E-state index is 12.2. The molecule has 0 aliphatic carbocycles. The molecule has 124 valence electrons. The van der Waals surface area contributed by atoms with Gasteiger partial charge in [-0.15, -0.1) is 11.3 Å². The number of amides is 1. The first-order valence-corrected chi connectivity index (χ1v) is 8.46. The number of aromatic nitrogens is 3. The monoisotopic (exact) mass is 350 g/mol. The Morgan fingerprint density at radius 3 is 2.76 bits per heavy atom. The van der Waals surface area contributed by atoms with Crippen LogP contribution in [0.15, 0.2) is 54.2 Å². The van der Waals surface area contributed by atoms with Crippen LogP contribution in [-0.2, 0) is 0 Å². The topological polar surface area (TPSA) is 79.9 Å². The molecule has 6 nitrogen and oxygen atoms in total. The van der Waals surface area contributed by atoms with Crippen LogP contribution in [0.1, 0.15) is 9.67 Å². The zero-order valence-electron chi connectivity index (χ0n) is 13.3. The van der Waals surface area contributed by atoms with Gasteiger partial charge in [0, 0.05) is 5.56 Å². The predicted octanol–water partition coefficient (Wildman–Crippen LogP) is 3.95. The highest BCUT2D eigenvalue weighted by Gasteiger charge is 2.16. The molecule has 1 amide bonds. The van der Waals surface area contributed by atoms with Gasteiger partial charge in [-0.3, -0.25) is 15.1 Å². The van der Waals surface area contributed by atoms with Gasteiger partial charge in [-0.2, -0.15) is 0 Å². The number of benzene rings is 2. The Morgan fingerprint density at radius 2 is 2.04 bits per heavy atom. The summed E-state index contributed by atoms with van der Waals surface area (Å²) in [6.45, 7) is 0. The summed E-state index contributed by atoms with van der Waals surface area (Å²) in [5.41, 5.74) is 5.10. The maximum Gasteiger partial charge on any atom is 0.269 e. The Hall–Kier alpha value is -3.19. The molecule has 0 radical (unpaired) electrons. The SMILES string of the molecule is COc1ccc(-c2ccccc2)c2nc(NC(=O)c3cncs3)[nH]c12.